The van der Waals surface area contributed by atoms with E-state index in [2.05, 4.69) is 27.7 Å². The van der Waals surface area contributed by atoms with E-state index < -0.39 is 0 Å². The first kappa shape index (κ1) is 15.4. The highest BCUT2D eigenvalue weighted by Crippen LogP contribution is 2.49. The molecule has 3 saturated heterocycles. The fourth-order valence-corrected chi connectivity index (χ4v) is 4.09. The van der Waals surface area contributed by atoms with Crippen LogP contribution in [0.15, 0.2) is 0 Å². The Hall–Kier alpha value is -0.160. The molecule has 6 unspecified atom stereocenters. The Morgan fingerprint density at radius 1 is 1.00 bits per heavy atom. The molecule has 4 heteroatoms. The number of ether oxygens (including phenoxy) is 4. The molecular weight excluding hydrogens is 280 g/mol. The highest BCUT2D eigenvalue weighted by molar-refractivity contribution is 5.04. The van der Waals surface area contributed by atoms with E-state index in [9.17, 15) is 0 Å². The van der Waals surface area contributed by atoms with Crippen LogP contribution in [0.3, 0.4) is 0 Å². The molecule has 4 aliphatic rings. The molecule has 4 nitrogen and oxygen atoms in total. The molecule has 0 amide bonds. The molecule has 3 aliphatic heterocycles. The van der Waals surface area contributed by atoms with Crippen LogP contribution in [-0.4, -0.2) is 48.3 Å². The third-order valence-corrected chi connectivity index (χ3v) is 6.36. The van der Waals surface area contributed by atoms with Gasteiger partial charge in [0.2, 0.25) is 0 Å². The zero-order valence-corrected chi connectivity index (χ0v) is 14.4. The van der Waals surface area contributed by atoms with Gasteiger partial charge in [0.15, 0.2) is 0 Å². The van der Waals surface area contributed by atoms with E-state index in [4.69, 9.17) is 18.9 Å². The Bertz CT molecular complexity index is 450. The largest absolute Gasteiger partial charge is 0.378 e. The fourth-order valence-electron chi connectivity index (χ4n) is 4.09. The van der Waals surface area contributed by atoms with Crippen molar-refractivity contribution in [1.29, 1.82) is 0 Å². The summed E-state index contributed by atoms with van der Waals surface area (Å²) in [5, 5.41) is 0. The van der Waals surface area contributed by atoms with Gasteiger partial charge in [-0.2, -0.15) is 0 Å². The molecule has 1 saturated carbocycles. The van der Waals surface area contributed by atoms with Crippen LogP contribution in [0.4, 0.5) is 0 Å². The van der Waals surface area contributed by atoms with Crippen LogP contribution in [0.5, 0.6) is 0 Å². The molecule has 126 valence electrons. The maximum atomic E-state index is 5.94. The molecule has 0 spiro atoms. The molecule has 1 aliphatic carbocycles. The standard InChI is InChI=1S/C18H30O4/c1-16(2)13(20-16)6-8-18(4)15(22-18)11-19-10-12-5-7-17(3)14(9-12)21-17/h12-15H,5-11H2,1-4H3. The Morgan fingerprint density at radius 3 is 2.45 bits per heavy atom. The third kappa shape index (κ3) is 2.95. The minimum atomic E-state index is 0.0206. The Balaban J connectivity index is 1.11. The normalized spacial score (nSPS) is 51.3. The van der Waals surface area contributed by atoms with Gasteiger partial charge in [-0.15, -0.1) is 0 Å². The molecule has 0 aromatic carbocycles. The van der Waals surface area contributed by atoms with Gasteiger partial charge < -0.3 is 18.9 Å². The van der Waals surface area contributed by atoms with Gasteiger partial charge in [0.05, 0.1) is 35.6 Å². The SMILES string of the molecule is CC1(C)OC1CCC1(C)OC1COCC1CCC2(C)OC2C1. The van der Waals surface area contributed by atoms with Gasteiger partial charge in [-0.25, -0.2) is 0 Å². The van der Waals surface area contributed by atoms with Crippen molar-refractivity contribution < 1.29 is 18.9 Å². The summed E-state index contributed by atoms with van der Waals surface area (Å²) in [7, 11) is 0. The second-order valence-corrected chi connectivity index (χ2v) is 8.76. The van der Waals surface area contributed by atoms with Crippen molar-refractivity contribution in [3.63, 3.8) is 0 Å². The summed E-state index contributed by atoms with van der Waals surface area (Å²) in [4.78, 5) is 0. The van der Waals surface area contributed by atoms with Crippen LogP contribution in [0.25, 0.3) is 0 Å². The first-order valence-electron chi connectivity index (χ1n) is 8.92. The second kappa shape index (κ2) is 4.92. The molecule has 6 atom stereocenters. The monoisotopic (exact) mass is 310 g/mol. The number of epoxide rings is 3. The van der Waals surface area contributed by atoms with Gasteiger partial charge >= 0.3 is 0 Å². The minimum Gasteiger partial charge on any atom is -0.378 e. The van der Waals surface area contributed by atoms with Crippen LogP contribution in [0.2, 0.25) is 0 Å². The predicted molar refractivity (Wildman–Crippen MR) is 82.9 cm³/mol. The highest BCUT2D eigenvalue weighted by atomic mass is 16.6. The van der Waals surface area contributed by atoms with Crippen molar-refractivity contribution in [3.8, 4) is 0 Å². The molecular formula is C18H30O4. The van der Waals surface area contributed by atoms with Gasteiger partial charge in [-0.05, 0) is 65.7 Å². The van der Waals surface area contributed by atoms with Crippen LogP contribution < -0.4 is 0 Å². The van der Waals surface area contributed by atoms with Gasteiger partial charge in [0.25, 0.3) is 0 Å². The molecule has 0 aromatic rings. The highest BCUT2D eigenvalue weighted by Gasteiger charge is 2.56. The number of hydrogen-bond acceptors (Lipinski definition) is 4. The van der Waals surface area contributed by atoms with Gasteiger partial charge in [0.1, 0.15) is 6.10 Å². The lowest BCUT2D eigenvalue weighted by Gasteiger charge is -2.22. The molecule has 4 fully saturated rings. The topological polar surface area (TPSA) is 46.8 Å². The molecule has 0 N–H and O–H groups in total. The minimum absolute atomic E-state index is 0.0206. The zero-order valence-electron chi connectivity index (χ0n) is 14.4. The number of fused-ring (bicyclic) bond motifs is 1. The van der Waals surface area contributed by atoms with E-state index in [1.807, 2.05) is 0 Å². The lowest BCUT2D eigenvalue weighted by molar-refractivity contribution is 0.0746. The Labute approximate surface area is 133 Å². The van der Waals surface area contributed by atoms with E-state index in [1.165, 1.54) is 19.3 Å². The molecule has 0 bridgehead atoms. The predicted octanol–water partition coefficient (Wildman–Crippen LogP) is 3.08. The summed E-state index contributed by atoms with van der Waals surface area (Å²) >= 11 is 0. The summed E-state index contributed by atoms with van der Waals surface area (Å²) in [5.41, 5.74) is 0.331. The van der Waals surface area contributed by atoms with Crippen LogP contribution >= 0.6 is 0 Å². The van der Waals surface area contributed by atoms with Crippen molar-refractivity contribution in [1.82, 2.24) is 0 Å². The fraction of sp³-hybridized carbons (Fsp3) is 1.00. The van der Waals surface area contributed by atoms with Crippen molar-refractivity contribution in [3.05, 3.63) is 0 Å². The van der Waals surface area contributed by atoms with E-state index in [0.29, 0.717) is 18.1 Å². The van der Waals surface area contributed by atoms with E-state index in [0.717, 1.165) is 26.1 Å². The first-order chi connectivity index (χ1) is 10.3. The van der Waals surface area contributed by atoms with E-state index in [1.54, 1.807) is 0 Å². The van der Waals surface area contributed by atoms with Crippen molar-refractivity contribution in [2.75, 3.05) is 13.2 Å². The second-order valence-electron chi connectivity index (χ2n) is 8.76. The van der Waals surface area contributed by atoms with Gasteiger partial charge in [0, 0.05) is 6.61 Å². The first-order valence-corrected chi connectivity index (χ1v) is 8.92. The number of rotatable bonds is 7. The molecule has 0 aromatic heterocycles. The summed E-state index contributed by atoms with van der Waals surface area (Å²) in [6, 6.07) is 0. The van der Waals surface area contributed by atoms with Crippen LogP contribution in [0, 0.1) is 5.92 Å². The lowest BCUT2D eigenvalue weighted by Crippen LogP contribution is -2.25. The maximum Gasteiger partial charge on any atom is 0.110 e. The van der Waals surface area contributed by atoms with Crippen molar-refractivity contribution in [2.45, 2.75) is 94.9 Å². The lowest BCUT2D eigenvalue weighted by atomic mass is 9.83. The zero-order chi connectivity index (χ0) is 15.6. The number of hydrogen-bond donors (Lipinski definition) is 0. The van der Waals surface area contributed by atoms with Crippen LogP contribution in [0.1, 0.15) is 59.8 Å². The summed E-state index contributed by atoms with van der Waals surface area (Å²) in [6.45, 7) is 10.4. The van der Waals surface area contributed by atoms with Gasteiger partial charge in [-0.1, -0.05) is 0 Å². The quantitative estimate of drug-likeness (QED) is 0.678. The Kier molecular flexibility index (Phi) is 3.44. The van der Waals surface area contributed by atoms with Crippen LogP contribution in [-0.2, 0) is 18.9 Å². The van der Waals surface area contributed by atoms with Gasteiger partial charge in [-0.3, -0.25) is 0 Å². The average Bonchev–Trinajstić information content (AvgIpc) is 3.36. The summed E-state index contributed by atoms with van der Waals surface area (Å²) in [6.07, 6.45) is 6.98. The summed E-state index contributed by atoms with van der Waals surface area (Å²) < 4.78 is 23.2. The summed E-state index contributed by atoms with van der Waals surface area (Å²) in [5.74, 6) is 0.672. The van der Waals surface area contributed by atoms with E-state index >= 15 is 0 Å². The molecule has 0 radical (unpaired) electrons. The maximum absolute atomic E-state index is 5.94. The molecule has 3 heterocycles. The third-order valence-electron chi connectivity index (χ3n) is 6.36. The van der Waals surface area contributed by atoms with Crippen molar-refractivity contribution >= 4 is 0 Å². The molecule has 22 heavy (non-hydrogen) atoms. The van der Waals surface area contributed by atoms with Crippen molar-refractivity contribution in [2.24, 2.45) is 5.92 Å². The smallest absolute Gasteiger partial charge is 0.110 e. The molecule has 4 rings (SSSR count). The Morgan fingerprint density at radius 2 is 1.77 bits per heavy atom. The van der Waals surface area contributed by atoms with E-state index in [-0.39, 0.29) is 22.9 Å². The average molecular weight is 310 g/mol.